The fourth-order valence-electron chi connectivity index (χ4n) is 1.22. The van der Waals surface area contributed by atoms with E-state index in [4.69, 9.17) is 0 Å². The fourth-order valence-corrected chi connectivity index (χ4v) is 1.22. The number of rotatable bonds is 0. The number of hydrogen-bond acceptors (Lipinski definition) is 0. The number of benzene rings is 1. The molecular weight excluding hydrogens is 132 g/mol. The SMILES string of the molecule is C=c1cccc2c1=C=CC=C2. The van der Waals surface area contributed by atoms with Gasteiger partial charge in [0.15, 0.2) is 0 Å². The zero-order valence-electron chi connectivity index (χ0n) is 6.17. The summed E-state index contributed by atoms with van der Waals surface area (Å²) in [6.45, 7) is 3.92. The van der Waals surface area contributed by atoms with Crippen molar-refractivity contribution in [2.45, 2.75) is 0 Å². The minimum absolute atomic E-state index is 1.04. The second-order valence-corrected chi connectivity index (χ2v) is 2.55. The normalized spacial score (nSPS) is 12.4. The van der Waals surface area contributed by atoms with Crippen LogP contribution < -0.4 is 10.4 Å². The molecule has 0 spiro atoms. The summed E-state index contributed by atoms with van der Waals surface area (Å²) in [5.74, 6) is 0. The molecule has 0 saturated heterocycles. The van der Waals surface area contributed by atoms with Gasteiger partial charge in [-0.1, -0.05) is 36.9 Å². The van der Waals surface area contributed by atoms with E-state index in [-0.39, 0.29) is 0 Å². The van der Waals surface area contributed by atoms with Gasteiger partial charge in [-0.25, -0.2) is 0 Å². The third-order valence-corrected chi connectivity index (χ3v) is 1.78. The van der Waals surface area contributed by atoms with E-state index in [2.05, 4.69) is 24.5 Å². The highest BCUT2D eigenvalue weighted by atomic mass is 13.9. The van der Waals surface area contributed by atoms with Gasteiger partial charge in [0.2, 0.25) is 0 Å². The molecule has 0 bridgehead atoms. The van der Waals surface area contributed by atoms with E-state index >= 15 is 0 Å². The van der Waals surface area contributed by atoms with Crippen LogP contribution in [0.4, 0.5) is 0 Å². The van der Waals surface area contributed by atoms with Crippen LogP contribution in [0.2, 0.25) is 0 Å². The maximum Gasteiger partial charge on any atom is 0.0303 e. The summed E-state index contributed by atoms with van der Waals surface area (Å²) in [6.07, 6.45) is 5.97. The van der Waals surface area contributed by atoms with Gasteiger partial charge in [0.1, 0.15) is 0 Å². The molecule has 0 N–H and O–H groups in total. The Bertz CT molecular complexity index is 443. The van der Waals surface area contributed by atoms with E-state index in [0.29, 0.717) is 0 Å². The molecule has 1 aliphatic rings. The van der Waals surface area contributed by atoms with Crippen molar-refractivity contribution in [2.75, 3.05) is 0 Å². The van der Waals surface area contributed by atoms with Crippen LogP contribution in [0.15, 0.2) is 30.4 Å². The lowest BCUT2D eigenvalue weighted by atomic mass is 10.1. The smallest absolute Gasteiger partial charge is 0.0303 e. The van der Waals surface area contributed by atoms with Crippen LogP contribution in [-0.4, -0.2) is 0 Å². The first-order valence-corrected chi connectivity index (χ1v) is 3.59. The topological polar surface area (TPSA) is 0 Å². The molecule has 0 aromatic heterocycles. The van der Waals surface area contributed by atoms with Gasteiger partial charge in [-0.05, 0) is 16.9 Å². The third kappa shape index (κ3) is 0.938. The Morgan fingerprint density at radius 3 is 3.00 bits per heavy atom. The molecule has 11 heavy (non-hydrogen) atoms. The molecule has 0 fully saturated rings. The van der Waals surface area contributed by atoms with Crippen molar-refractivity contribution in [2.24, 2.45) is 0 Å². The number of allylic oxidation sites excluding steroid dienone is 2. The Hall–Kier alpha value is -1.52. The number of hydrogen-bond donors (Lipinski definition) is 0. The summed E-state index contributed by atoms with van der Waals surface area (Å²) in [4.78, 5) is 0. The molecular formula is C11H8. The quantitative estimate of drug-likeness (QED) is 0.505. The Labute approximate surface area is 65.5 Å². The first-order chi connectivity index (χ1) is 5.38. The predicted molar refractivity (Wildman–Crippen MR) is 48.2 cm³/mol. The molecule has 0 heterocycles. The first-order valence-electron chi connectivity index (χ1n) is 3.59. The van der Waals surface area contributed by atoms with E-state index in [1.165, 1.54) is 5.56 Å². The summed E-state index contributed by atoms with van der Waals surface area (Å²) in [5, 5.41) is 2.16. The predicted octanol–water partition coefficient (Wildman–Crippen LogP) is 1.06. The second-order valence-electron chi connectivity index (χ2n) is 2.55. The van der Waals surface area contributed by atoms with E-state index < -0.39 is 0 Å². The van der Waals surface area contributed by atoms with E-state index in [0.717, 1.165) is 10.4 Å². The van der Waals surface area contributed by atoms with Crippen molar-refractivity contribution in [3.8, 4) is 0 Å². The molecule has 0 saturated carbocycles. The van der Waals surface area contributed by atoms with Crippen LogP contribution in [0.5, 0.6) is 0 Å². The molecule has 1 aromatic carbocycles. The van der Waals surface area contributed by atoms with Crippen LogP contribution in [0.1, 0.15) is 5.56 Å². The van der Waals surface area contributed by atoms with Gasteiger partial charge in [0.05, 0.1) is 0 Å². The van der Waals surface area contributed by atoms with Gasteiger partial charge in [-0.3, -0.25) is 0 Å². The Morgan fingerprint density at radius 1 is 1.27 bits per heavy atom. The Balaban J connectivity index is 3.05. The van der Waals surface area contributed by atoms with Crippen molar-refractivity contribution >= 4 is 18.4 Å². The van der Waals surface area contributed by atoms with Gasteiger partial charge >= 0.3 is 0 Å². The Morgan fingerprint density at radius 2 is 2.18 bits per heavy atom. The fraction of sp³-hybridized carbons (Fsp3) is 0. The van der Waals surface area contributed by atoms with Crippen LogP contribution >= 0.6 is 0 Å². The minimum atomic E-state index is 1.04. The van der Waals surface area contributed by atoms with Gasteiger partial charge < -0.3 is 0 Å². The monoisotopic (exact) mass is 140 g/mol. The zero-order chi connectivity index (χ0) is 7.68. The molecule has 1 aliphatic carbocycles. The summed E-state index contributed by atoms with van der Waals surface area (Å²) < 4.78 is 0. The van der Waals surface area contributed by atoms with Crippen molar-refractivity contribution < 1.29 is 0 Å². The van der Waals surface area contributed by atoms with Crippen LogP contribution in [-0.2, 0) is 0 Å². The molecule has 0 amide bonds. The standard InChI is InChI=1S/C11H8/c1-9-5-4-7-10-6-2-3-8-11(9)10/h2-7H,1H2. The molecule has 2 rings (SSSR count). The molecule has 1 aromatic rings. The zero-order valence-corrected chi connectivity index (χ0v) is 6.17. The lowest BCUT2D eigenvalue weighted by molar-refractivity contribution is 1.50. The molecule has 0 nitrogen and oxygen atoms in total. The summed E-state index contributed by atoms with van der Waals surface area (Å²) >= 11 is 0. The maximum absolute atomic E-state index is 3.92. The molecule has 0 heteroatoms. The van der Waals surface area contributed by atoms with Crippen LogP contribution in [0, 0.1) is 0 Å². The van der Waals surface area contributed by atoms with Crippen molar-refractivity contribution in [3.63, 3.8) is 0 Å². The summed E-state index contributed by atoms with van der Waals surface area (Å²) in [5.41, 5.74) is 4.36. The molecule has 0 aliphatic heterocycles. The average Bonchev–Trinajstić information content (AvgIpc) is 2.06. The van der Waals surface area contributed by atoms with Crippen LogP contribution in [0.25, 0.3) is 18.4 Å². The first kappa shape index (κ1) is 6.21. The lowest BCUT2D eigenvalue weighted by Gasteiger charge is -1.95. The van der Waals surface area contributed by atoms with Gasteiger partial charge in [0, 0.05) is 5.22 Å². The maximum atomic E-state index is 3.92. The van der Waals surface area contributed by atoms with Gasteiger partial charge in [-0.15, -0.1) is 5.73 Å². The van der Waals surface area contributed by atoms with Gasteiger partial charge in [-0.2, -0.15) is 0 Å². The highest BCUT2D eigenvalue weighted by Gasteiger charge is 1.91. The highest BCUT2D eigenvalue weighted by molar-refractivity contribution is 5.58. The molecule has 52 valence electrons. The summed E-state index contributed by atoms with van der Waals surface area (Å²) in [7, 11) is 0. The van der Waals surface area contributed by atoms with Crippen molar-refractivity contribution in [1.82, 2.24) is 0 Å². The van der Waals surface area contributed by atoms with Crippen molar-refractivity contribution in [3.05, 3.63) is 46.4 Å². The second kappa shape index (κ2) is 2.26. The average molecular weight is 140 g/mol. The molecule has 0 atom stereocenters. The van der Waals surface area contributed by atoms with E-state index in [1.54, 1.807) is 0 Å². The van der Waals surface area contributed by atoms with Gasteiger partial charge in [0.25, 0.3) is 0 Å². The minimum Gasteiger partial charge on any atom is -0.112 e. The van der Waals surface area contributed by atoms with E-state index in [1.807, 2.05) is 24.3 Å². The number of fused-ring (bicyclic) bond motifs is 1. The molecule has 0 unspecified atom stereocenters. The largest absolute Gasteiger partial charge is 0.112 e. The van der Waals surface area contributed by atoms with Crippen molar-refractivity contribution in [1.29, 1.82) is 0 Å². The third-order valence-electron chi connectivity index (χ3n) is 1.78. The molecule has 0 radical (unpaired) electrons. The van der Waals surface area contributed by atoms with Crippen LogP contribution in [0.3, 0.4) is 0 Å². The van der Waals surface area contributed by atoms with E-state index in [9.17, 15) is 0 Å². The summed E-state index contributed by atoms with van der Waals surface area (Å²) in [6, 6.07) is 6.08. The highest BCUT2D eigenvalue weighted by Crippen LogP contribution is 1.95. The Kier molecular flexibility index (Phi) is 1.28. The lowest BCUT2D eigenvalue weighted by Crippen LogP contribution is -2.24.